The van der Waals surface area contributed by atoms with E-state index < -0.39 is 10.0 Å². The number of aryl methyl sites for hydroxylation is 1. The molecule has 1 aromatic heterocycles. The van der Waals surface area contributed by atoms with Crippen molar-refractivity contribution in [3.63, 3.8) is 0 Å². The van der Waals surface area contributed by atoms with Gasteiger partial charge in [-0.1, -0.05) is 12.1 Å². The van der Waals surface area contributed by atoms with E-state index in [1.54, 1.807) is 32.2 Å². The number of benzene rings is 1. The molecule has 0 saturated carbocycles. The minimum atomic E-state index is -3.52. The van der Waals surface area contributed by atoms with E-state index in [9.17, 15) is 8.42 Å². The Morgan fingerprint density at radius 2 is 1.95 bits per heavy atom. The van der Waals surface area contributed by atoms with Crippen molar-refractivity contribution in [2.24, 2.45) is 5.73 Å². The van der Waals surface area contributed by atoms with Crippen molar-refractivity contribution in [3.05, 3.63) is 45.6 Å². The fraction of sp³-hybridized carbons (Fsp3) is 0.286. The first-order valence-electron chi connectivity index (χ1n) is 6.38. The summed E-state index contributed by atoms with van der Waals surface area (Å²) in [5, 5.41) is 0. The van der Waals surface area contributed by atoms with Gasteiger partial charge in [-0.05, 0) is 30.7 Å². The highest BCUT2D eigenvalue weighted by Crippen LogP contribution is 2.25. The molecule has 0 amide bonds. The Morgan fingerprint density at radius 1 is 1.29 bits per heavy atom. The smallest absolute Gasteiger partial charge is 0.241 e. The van der Waals surface area contributed by atoms with E-state index in [0.717, 1.165) is 21.1 Å². The fourth-order valence-electron chi connectivity index (χ4n) is 1.89. The Labute approximate surface area is 128 Å². The minimum absolute atomic E-state index is 0.236. The molecular formula is C14H18N2O3S2. The zero-order chi connectivity index (χ0) is 15.5. The van der Waals surface area contributed by atoms with E-state index in [-0.39, 0.29) is 6.54 Å². The molecule has 0 unspecified atom stereocenters. The molecule has 0 fully saturated rings. The molecular weight excluding hydrogens is 308 g/mol. The molecule has 0 aliphatic carbocycles. The predicted molar refractivity (Wildman–Crippen MR) is 84.0 cm³/mol. The number of methoxy groups -OCH3 is 1. The van der Waals surface area contributed by atoms with Gasteiger partial charge in [0.15, 0.2) is 0 Å². The Bertz CT molecular complexity index is 706. The van der Waals surface area contributed by atoms with Gasteiger partial charge in [0.25, 0.3) is 0 Å². The van der Waals surface area contributed by atoms with Gasteiger partial charge in [-0.25, -0.2) is 13.1 Å². The molecule has 2 rings (SSSR count). The SMILES string of the molecule is COc1ccc(CNS(=O)(=O)c2cc(CN)sc2C)cc1. The van der Waals surface area contributed by atoms with Gasteiger partial charge >= 0.3 is 0 Å². The summed E-state index contributed by atoms with van der Waals surface area (Å²) in [6, 6.07) is 8.88. The molecule has 0 saturated heterocycles. The van der Waals surface area contributed by atoms with Crippen LogP contribution in [0.25, 0.3) is 0 Å². The molecule has 1 aromatic carbocycles. The number of hydrogen-bond acceptors (Lipinski definition) is 5. The average Bonchev–Trinajstić information content (AvgIpc) is 2.88. The maximum atomic E-state index is 12.3. The predicted octanol–water partition coefficient (Wildman–Crippen LogP) is 2.00. The van der Waals surface area contributed by atoms with Gasteiger partial charge in [-0.2, -0.15) is 0 Å². The van der Waals surface area contributed by atoms with Crippen LogP contribution >= 0.6 is 11.3 Å². The largest absolute Gasteiger partial charge is 0.497 e. The molecule has 0 radical (unpaired) electrons. The van der Waals surface area contributed by atoms with E-state index in [0.29, 0.717) is 11.4 Å². The number of nitrogens with two attached hydrogens (primary N) is 1. The van der Waals surface area contributed by atoms with Crippen molar-refractivity contribution in [1.29, 1.82) is 0 Å². The van der Waals surface area contributed by atoms with Gasteiger partial charge in [0.2, 0.25) is 10.0 Å². The fourth-order valence-corrected chi connectivity index (χ4v) is 4.42. The lowest BCUT2D eigenvalue weighted by atomic mass is 10.2. The molecule has 0 atom stereocenters. The summed E-state index contributed by atoms with van der Waals surface area (Å²) in [6.07, 6.45) is 0. The minimum Gasteiger partial charge on any atom is -0.497 e. The van der Waals surface area contributed by atoms with Gasteiger partial charge < -0.3 is 10.5 Å². The van der Waals surface area contributed by atoms with Crippen molar-refractivity contribution in [3.8, 4) is 5.75 Å². The molecule has 1 heterocycles. The van der Waals surface area contributed by atoms with Crippen molar-refractivity contribution >= 4 is 21.4 Å². The van der Waals surface area contributed by atoms with Crippen LogP contribution in [0.4, 0.5) is 0 Å². The zero-order valence-electron chi connectivity index (χ0n) is 11.9. The van der Waals surface area contributed by atoms with Crippen molar-refractivity contribution < 1.29 is 13.2 Å². The maximum absolute atomic E-state index is 12.3. The number of rotatable bonds is 6. The molecule has 3 N–H and O–H groups in total. The quantitative estimate of drug-likeness (QED) is 0.851. The van der Waals surface area contributed by atoms with Crippen LogP contribution in [-0.4, -0.2) is 15.5 Å². The Morgan fingerprint density at radius 3 is 2.48 bits per heavy atom. The number of hydrogen-bond donors (Lipinski definition) is 2. The summed E-state index contributed by atoms with van der Waals surface area (Å²) in [4.78, 5) is 1.91. The molecule has 0 bridgehead atoms. The van der Waals surface area contributed by atoms with Crippen LogP contribution in [-0.2, 0) is 23.1 Å². The van der Waals surface area contributed by atoms with Gasteiger partial charge in [0, 0.05) is 22.8 Å². The van der Waals surface area contributed by atoms with Gasteiger partial charge in [0.05, 0.1) is 12.0 Å². The van der Waals surface area contributed by atoms with Crippen LogP contribution in [0.15, 0.2) is 35.2 Å². The summed E-state index contributed by atoms with van der Waals surface area (Å²) in [6.45, 7) is 2.37. The molecule has 2 aromatic rings. The van der Waals surface area contributed by atoms with Gasteiger partial charge in [-0.15, -0.1) is 11.3 Å². The van der Waals surface area contributed by atoms with E-state index in [1.807, 2.05) is 12.1 Å². The van der Waals surface area contributed by atoms with Crippen molar-refractivity contribution in [1.82, 2.24) is 4.72 Å². The molecule has 5 nitrogen and oxygen atoms in total. The second-order valence-electron chi connectivity index (χ2n) is 4.51. The number of nitrogens with one attached hydrogen (secondary N) is 1. The Hall–Kier alpha value is -1.41. The van der Waals surface area contributed by atoms with Crippen LogP contribution < -0.4 is 15.2 Å². The Balaban J connectivity index is 2.11. The summed E-state index contributed by atoms with van der Waals surface area (Å²) < 4.78 is 32.3. The van der Waals surface area contributed by atoms with E-state index in [1.165, 1.54) is 11.3 Å². The third kappa shape index (κ3) is 3.82. The number of thiophene rings is 1. The first kappa shape index (κ1) is 16.0. The highest BCUT2D eigenvalue weighted by molar-refractivity contribution is 7.89. The van der Waals surface area contributed by atoms with Crippen LogP contribution in [0.3, 0.4) is 0 Å². The first-order valence-corrected chi connectivity index (χ1v) is 8.68. The molecule has 7 heteroatoms. The van der Waals surface area contributed by atoms with Crippen LogP contribution in [0.2, 0.25) is 0 Å². The van der Waals surface area contributed by atoms with Crippen LogP contribution in [0.5, 0.6) is 5.75 Å². The first-order chi connectivity index (χ1) is 9.96. The van der Waals surface area contributed by atoms with Crippen LogP contribution in [0, 0.1) is 6.92 Å². The van der Waals surface area contributed by atoms with Gasteiger partial charge in [-0.3, -0.25) is 0 Å². The molecule has 0 spiro atoms. The van der Waals surface area contributed by atoms with Crippen molar-refractivity contribution in [2.75, 3.05) is 7.11 Å². The zero-order valence-corrected chi connectivity index (χ0v) is 13.6. The average molecular weight is 326 g/mol. The third-order valence-electron chi connectivity index (χ3n) is 3.04. The summed E-state index contributed by atoms with van der Waals surface area (Å²) >= 11 is 1.41. The molecule has 114 valence electrons. The Kier molecular flexibility index (Phi) is 5.00. The normalized spacial score (nSPS) is 11.6. The lowest BCUT2D eigenvalue weighted by Crippen LogP contribution is -2.23. The molecule has 0 aliphatic rings. The topological polar surface area (TPSA) is 81.4 Å². The number of sulfonamides is 1. The highest BCUT2D eigenvalue weighted by Gasteiger charge is 2.19. The monoisotopic (exact) mass is 326 g/mol. The second kappa shape index (κ2) is 6.57. The summed E-state index contributed by atoms with van der Waals surface area (Å²) in [5.74, 6) is 0.739. The number of ether oxygens (including phenoxy) is 1. The lowest BCUT2D eigenvalue weighted by molar-refractivity contribution is 0.414. The highest BCUT2D eigenvalue weighted by atomic mass is 32.2. The third-order valence-corrected chi connectivity index (χ3v) is 5.77. The lowest BCUT2D eigenvalue weighted by Gasteiger charge is -2.07. The van der Waals surface area contributed by atoms with E-state index in [2.05, 4.69) is 4.72 Å². The van der Waals surface area contributed by atoms with Crippen molar-refractivity contribution in [2.45, 2.75) is 24.9 Å². The summed E-state index contributed by atoms with van der Waals surface area (Å²) in [5.41, 5.74) is 6.42. The molecule has 21 heavy (non-hydrogen) atoms. The van der Waals surface area contributed by atoms with E-state index in [4.69, 9.17) is 10.5 Å². The summed E-state index contributed by atoms with van der Waals surface area (Å²) in [7, 11) is -1.93. The van der Waals surface area contributed by atoms with Crippen LogP contribution in [0.1, 0.15) is 15.3 Å². The standard InChI is InChI=1S/C14H18N2O3S2/c1-10-14(7-13(8-15)20-10)21(17,18)16-9-11-3-5-12(19-2)6-4-11/h3-7,16H,8-9,15H2,1-2H3. The maximum Gasteiger partial charge on any atom is 0.241 e. The van der Waals surface area contributed by atoms with E-state index >= 15 is 0 Å². The second-order valence-corrected chi connectivity index (χ2v) is 7.59. The van der Waals surface area contributed by atoms with Gasteiger partial charge in [0.1, 0.15) is 5.75 Å². The molecule has 0 aliphatic heterocycles.